The Bertz CT molecular complexity index is 833. The summed E-state index contributed by atoms with van der Waals surface area (Å²) in [5, 5.41) is 5.60. The molecule has 130 valence electrons. The largest absolute Gasteiger partial charge is 0.484 e. The topological polar surface area (TPSA) is 67.4 Å². The van der Waals surface area contributed by atoms with Gasteiger partial charge in [0.2, 0.25) is 5.91 Å². The van der Waals surface area contributed by atoms with Crippen LogP contribution in [0.15, 0.2) is 42.5 Å². The number of halogens is 1. The SMILES string of the molecule is CC1(C)C(=O)Nc2ccc(CNC(=O)COc3cccc(F)c3)cc21. The molecule has 0 radical (unpaired) electrons. The second-order valence-corrected chi connectivity index (χ2v) is 6.48. The van der Waals surface area contributed by atoms with E-state index in [9.17, 15) is 14.0 Å². The third-order valence-corrected chi connectivity index (χ3v) is 4.23. The molecule has 2 aromatic rings. The normalized spacial score (nSPS) is 14.6. The van der Waals surface area contributed by atoms with Crippen molar-refractivity contribution in [3.8, 4) is 5.75 Å². The number of hydrogen-bond donors (Lipinski definition) is 2. The van der Waals surface area contributed by atoms with Crippen LogP contribution in [0.25, 0.3) is 0 Å². The zero-order valence-electron chi connectivity index (χ0n) is 14.1. The highest BCUT2D eigenvalue weighted by Gasteiger charge is 2.38. The van der Waals surface area contributed by atoms with E-state index in [-0.39, 0.29) is 18.4 Å². The van der Waals surface area contributed by atoms with E-state index in [4.69, 9.17) is 4.74 Å². The summed E-state index contributed by atoms with van der Waals surface area (Å²) in [5.41, 5.74) is 2.03. The van der Waals surface area contributed by atoms with E-state index < -0.39 is 11.2 Å². The van der Waals surface area contributed by atoms with Crippen molar-refractivity contribution >= 4 is 17.5 Å². The van der Waals surface area contributed by atoms with Gasteiger partial charge in [-0.15, -0.1) is 0 Å². The van der Waals surface area contributed by atoms with Crippen LogP contribution in [0.3, 0.4) is 0 Å². The fraction of sp³-hybridized carbons (Fsp3) is 0.263. The fourth-order valence-corrected chi connectivity index (χ4v) is 2.69. The Labute approximate surface area is 145 Å². The third-order valence-electron chi connectivity index (χ3n) is 4.23. The van der Waals surface area contributed by atoms with Gasteiger partial charge in [-0.05, 0) is 43.2 Å². The Kier molecular flexibility index (Phi) is 4.44. The molecule has 6 heteroatoms. The van der Waals surface area contributed by atoms with Gasteiger partial charge in [0.25, 0.3) is 5.91 Å². The predicted octanol–water partition coefficient (Wildman–Crippen LogP) is 2.75. The van der Waals surface area contributed by atoms with Crippen molar-refractivity contribution in [2.24, 2.45) is 0 Å². The van der Waals surface area contributed by atoms with E-state index >= 15 is 0 Å². The Morgan fingerprint density at radius 3 is 2.80 bits per heavy atom. The number of amides is 2. The first-order chi connectivity index (χ1) is 11.9. The minimum atomic E-state index is -0.587. The van der Waals surface area contributed by atoms with Crippen LogP contribution in [0.5, 0.6) is 5.75 Å². The highest BCUT2D eigenvalue weighted by atomic mass is 19.1. The van der Waals surface area contributed by atoms with E-state index in [0.29, 0.717) is 12.3 Å². The number of nitrogens with one attached hydrogen (secondary N) is 2. The Morgan fingerprint density at radius 1 is 1.24 bits per heavy atom. The van der Waals surface area contributed by atoms with Gasteiger partial charge in [0, 0.05) is 18.3 Å². The van der Waals surface area contributed by atoms with Gasteiger partial charge in [0.1, 0.15) is 11.6 Å². The number of hydrogen-bond acceptors (Lipinski definition) is 3. The average molecular weight is 342 g/mol. The molecule has 0 bridgehead atoms. The maximum absolute atomic E-state index is 13.1. The van der Waals surface area contributed by atoms with E-state index in [0.717, 1.165) is 16.8 Å². The minimum Gasteiger partial charge on any atom is -0.484 e. The number of carbonyl (C=O) groups excluding carboxylic acids is 2. The van der Waals surface area contributed by atoms with Gasteiger partial charge in [-0.25, -0.2) is 4.39 Å². The predicted molar refractivity (Wildman–Crippen MR) is 91.8 cm³/mol. The maximum atomic E-state index is 13.1. The van der Waals surface area contributed by atoms with E-state index in [1.165, 1.54) is 18.2 Å². The molecule has 2 amide bonds. The first-order valence-corrected chi connectivity index (χ1v) is 7.96. The maximum Gasteiger partial charge on any atom is 0.258 e. The molecule has 0 fully saturated rings. The molecule has 0 unspecified atom stereocenters. The number of fused-ring (bicyclic) bond motifs is 1. The number of carbonyl (C=O) groups is 2. The van der Waals surface area contributed by atoms with Gasteiger partial charge in [-0.2, -0.15) is 0 Å². The van der Waals surface area contributed by atoms with Gasteiger partial charge < -0.3 is 15.4 Å². The highest BCUT2D eigenvalue weighted by Crippen LogP contribution is 2.37. The Hall–Kier alpha value is -2.89. The van der Waals surface area contributed by atoms with Crippen LogP contribution in [0.4, 0.5) is 10.1 Å². The minimum absolute atomic E-state index is 0.0350. The summed E-state index contributed by atoms with van der Waals surface area (Å²) in [6.45, 7) is 3.86. The van der Waals surface area contributed by atoms with Crippen LogP contribution in [0, 0.1) is 5.82 Å². The molecule has 0 atom stereocenters. The molecular weight excluding hydrogens is 323 g/mol. The van der Waals surface area contributed by atoms with Crippen molar-refractivity contribution in [2.45, 2.75) is 25.8 Å². The molecule has 1 aliphatic rings. The van der Waals surface area contributed by atoms with Crippen LogP contribution >= 0.6 is 0 Å². The lowest BCUT2D eigenvalue weighted by molar-refractivity contribution is -0.123. The first-order valence-electron chi connectivity index (χ1n) is 7.96. The lowest BCUT2D eigenvalue weighted by atomic mass is 9.85. The second-order valence-electron chi connectivity index (χ2n) is 6.48. The van der Waals surface area contributed by atoms with Gasteiger partial charge in [-0.1, -0.05) is 18.2 Å². The summed E-state index contributed by atoms with van der Waals surface area (Å²) in [4.78, 5) is 23.8. The van der Waals surface area contributed by atoms with Gasteiger partial charge in [-0.3, -0.25) is 9.59 Å². The second kappa shape index (κ2) is 6.55. The van der Waals surface area contributed by atoms with Crippen LogP contribution < -0.4 is 15.4 Å². The summed E-state index contributed by atoms with van der Waals surface area (Å²) in [6.07, 6.45) is 0. The van der Waals surface area contributed by atoms with E-state index in [1.807, 2.05) is 32.0 Å². The van der Waals surface area contributed by atoms with Crippen molar-refractivity contribution < 1.29 is 18.7 Å². The lowest BCUT2D eigenvalue weighted by Gasteiger charge is -2.16. The standard InChI is InChI=1S/C19H19FN2O3/c1-19(2)15-8-12(6-7-16(15)22-18(19)24)10-21-17(23)11-25-14-5-3-4-13(20)9-14/h3-9H,10-11H2,1-2H3,(H,21,23)(H,22,24). The zero-order chi connectivity index (χ0) is 18.0. The molecule has 0 aliphatic carbocycles. The van der Waals surface area contributed by atoms with Crippen LogP contribution in [-0.2, 0) is 21.5 Å². The summed E-state index contributed by atoms with van der Waals surface area (Å²) >= 11 is 0. The molecule has 1 aliphatic heterocycles. The first kappa shape index (κ1) is 17.0. The van der Waals surface area contributed by atoms with Gasteiger partial charge in [0.05, 0.1) is 5.41 Å². The number of anilines is 1. The van der Waals surface area contributed by atoms with Crippen molar-refractivity contribution in [1.29, 1.82) is 0 Å². The summed E-state index contributed by atoms with van der Waals surface area (Å²) in [7, 11) is 0. The van der Waals surface area contributed by atoms with Gasteiger partial charge >= 0.3 is 0 Å². The van der Waals surface area contributed by atoms with E-state index in [1.54, 1.807) is 6.07 Å². The quantitative estimate of drug-likeness (QED) is 0.878. The summed E-state index contributed by atoms with van der Waals surface area (Å²) in [6, 6.07) is 11.2. The van der Waals surface area contributed by atoms with Crippen molar-refractivity contribution in [1.82, 2.24) is 5.32 Å². The molecule has 1 heterocycles. The summed E-state index contributed by atoms with van der Waals surface area (Å²) < 4.78 is 18.3. The zero-order valence-corrected chi connectivity index (χ0v) is 14.1. The Balaban J connectivity index is 1.56. The molecule has 2 N–H and O–H groups in total. The van der Waals surface area contributed by atoms with E-state index in [2.05, 4.69) is 10.6 Å². The monoisotopic (exact) mass is 342 g/mol. The molecule has 2 aromatic carbocycles. The average Bonchev–Trinajstić information content (AvgIpc) is 2.80. The Morgan fingerprint density at radius 2 is 2.04 bits per heavy atom. The lowest BCUT2D eigenvalue weighted by Crippen LogP contribution is -2.29. The number of benzene rings is 2. The van der Waals surface area contributed by atoms with Crippen molar-refractivity contribution in [3.05, 3.63) is 59.4 Å². The van der Waals surface area contributed by atoms with Crippen molar-refractivity contribution in [2.75, 3.05) is 11.9 Å². The highest BCUT2D eigenvalue weighted by molar-refractivity contribution is 6.05. The smallest absolute Gasteiger partial charge is 0.258 e. The van der Waals surface area contributed by atoms with Crippen LogP contribution in [-0.4, -0.2) is 18.4 Å². The number of ether oxygens (including phenoxy) is 1. The fourth-order valence-electron chi connectivity index (χ4n) is 2.69. The molecule has 0 saturated carbocycles. The third kappa shape index (κ3) is 3.63. The van der Waals surface area contributed by atoms with Crippen molar-refractivity contribution in [3.63, 3.8) is 0 Å². The number of rotatable bonds is 5. The van der Waals surface area contributed by atoms with Gasteiger partial charge in [0.15, 0.2) is 6.61 Å². The van der Waals surface area contributed by atoms with Crippen LogP contribution in [0.1, 0.15) is 25.0 Å². The molecule has 25 heavy (non-hydrogen) atoms. The molecule has 0 aromatic heterocycles. The van der Waals surface area contributed by atoms with Crippen LogP contribution in [0.2, 0.25) is 0 Å². The molecular formula is C19H19FN2O3. The molecule has 5 nitrogen and oxygen atoms in total. The molecule has 3 rings (SSSR count). The summed E-state index contributed by atoms with van der Waals surface area (Å²) in [5.74, 6) is -0.453. The molecule has 0 saturated heterocycles. The molecule has 0 spiro atoms.